The molecule has 0 saturated heterocycles. The average Bonchev–Trinajstić information content (AvgIpc) is 3.01. The Balaban J connectivity index is 1.88. The molecule has 1 amide bonds. The van der Waals surface area contributed by atoms with Crippen molar-refractivity contribution >= 4 is 21.8 Å². The highest BCUT2D eigenvalue weighted by atomic mass is 79.9. The molecule has 0 spiro atoms. The number of benzene rings is 1. The molecule has 0 saturated carbocycles. The summed E-state index contributed by atoms with van der Waals surface area (Å²) in [5.74, 6) is 0.320. The van der Waals surface area contributed by atoms with Gasteiger partial charge in [-0.25, -0.2) is 4.39 Å². The third-order valence-corrected chi connectivity index (χ3v) is 3.75. The Morgan fingerprint density at radius 1 is 1.41 bits per heavy atom. The van der Waals surface area contributed by atoms with Crippen molar-refractivity contribution in [1.82, 2.24) is 10.2 Å². The zero-order chi connectivity index (χ0) is 15.9. The van der Waals surface area contributed by atoms with E-state index in [-0.39, 0.29) is 18.3 Å². The second-order valence-corrected chi connectivity index (χ2v) is 5.81. The van der Waals surface area contributed by atoms with E-state index in [4.69, 9.17) is 4.42 Å². The predicted molar refractivity (Wildman–Crippen MR) is 85.6 cm³/mol. The molecule has 1 aromatic heterocycles. The van der Waals surface area contributed by atoms with Crippen LogP contribution in [0.3, 0.4) is 0 Å². The van der Waals surface area contributed by atoms with E-state index < -0.39 is 0 Å². The Bertz CT molecular complexity index is 617. The first kappa shape index (κ1) is 16.7. The van der Waals surface area contributed by atoms with E-state index in [1.165, 1.54) is 6.07 Å². The number of carbonyl (C=O) groups is 1. The fourth-order valence-corrected chi connectivity index (χ4v) is 2.45. The molecule has 0 aliphatic heterocycles. The van der Waals surface area contributed by atoms with Crippen molar-refractivity contribution in [3.05, 3.63) is 58.2 Å². The van der Waals surface area contributed by atoms with E-state index in [9.17, 15) is 9.18 Å². The van der Waals surface area contributed by atoms with Crippen LogP contribution in [0.2, 0.25) is 0 Å². The topological polar surface area (TPSA) is 45.5 Å². The van der Waals surface area contributed by atoms with Crippen LogP contribution in [-0.4, -0.2) is 23.9 Å². The summed E-state index contributed by atoms with van der Waals surface area (Å²) < 4.78 is 19.8. The highest BCUT2D eigenvalue weighted by Gasteiger charge is 2.12. The number of nitrogens with zero attached hydrogens (tertiary/aromatic N) is 1. The van der Waals surface area contributed by atoms with Crippen molar-refractivity contribution in [1.29, 1.82) is 0 Å². The van der Waals surface area contributed by atoms with Crippen molar-refractivity contribution in [2.75, 3.05) is 13.1 Å². The van der Waals surface area contributed by atoms with Gasteiger partial charge in [0, 0.05) is 16.6 Å². The fraction of sp³-hybridized carbons (Fsp3) is 0.312. The molecule has 4 nitrogen and oxygen atoms in total. The lowest BCUT2D eigenvalue weighted by molar-refractivity contribution is -0.122. The third-order valence-electron chi connectivity index (χ3n) is 3.26. The van der Waals surface area contributed by atoms with Gasteiger partial charge in [0.15, 0.2) is 0 Å². The first-order valence-electron chi connectivity index (χ1n) is 7.04. The van der Waals surface area contributed by atoms with Crippen molar-refractivity contribution < 1.29 is 13.6 Å². The predicted octanol–water partition coefficient (Wildman–Crippen LogP) is 3.32. The maximum Gasteiger partial charge on any atom is 0.234 e. The Morgan fingerprint density at radius 3 is 2.91 bits per heavy atom. The van der Waals surface area contributed by atoms with E-state index in [1.807, 2.05) is 11.8 Å². The van der Waals surface area contributed by atoms with Crippen LogP contribution >= 0.6 is 15.9 Å². The number of hydrogen-bond donors (Lipinski definition) is 1. The van der Waals surface area contributed by atoms with E-state index in [2.05, 4.69) is 21.2 Å². The van der Waals surface area contributed by atoms with Crippen molar-refractivity contribution in [3.8, 4) is 0 Å². The summed E-state index contributed by atoms with van der Waals surface area (Å²) in [6, 6.07) is 8.39. The van der Waals surface area contributed by atoms with Gasteiger partial charge in [0.2, 0.25) is 5.91 Å². The van der Waals surface area contributed by atoms with Crippen LogP contribution in [0.1, 0.15) is 18.2 Å². The van der Waals surface area contributed by atoms with Crippen LogP contribution in [0.5, 0.6) is 0 Å². The standard InChI is InChI=1S/C16H18BrFN2O2/c1-2-20(10-12-8-13(17)5-6-15(12)18)11-16(21)19-9-14-4-3-7-22-14/h3-8H,2,9-11H2,1H3,(H,19,21). The quantitative estimate of drug-likeness (QED) is 0.815. The molecule has 0 atom stereocenters. The zero-order valence-electron chi connectivity index (χ0n) is 12.3. The first-order valence-corrected chi connectivity index (χ1v) is 7.83. The lowest BCUT2D eigenvalue weighted by atomic mass is 10.2. The summed E-state index contributed by atoms with van der Waals surface area (Å²) in [5, 5.41) is 2.78. The second-order valence-electron chi connectivity index (χ2n) is 4.90. The number of carbonyl (C=O) groups excluding carboxylic acids is 1. The summed E-state index contributed by atoms with van der Waals surface area (Å²) >= 11 is 3.33. The van der Waals surface area contributed by atoms with Crippen molar-refractivity contribution in [2.24, 2.45) is 0 Å². The molecular formula is C16H18BrFN2O2. The number of rotatable bonds is 7. The maximum absolute atomic E-state index is 13.8. The van der Waals surface area contributed by atoms with Gasteiger partial charge in [0.05, 0.1) is 19.4 Å². The fourth-order valence-electron chi connectivity index (χ4n) is 2.04. The smallest absolute Gasteiger partial charge is 0.234 e. The Morgan fingerprint density at radius 2 is 2.23 bits per heavy atom. The van der Waals surface area contributed by atoms with Gasteiger partial charge in [-0.3, -0.25) is 9.69 Å². The van der Waals surface area contributed by atoms with Crippen LogP contribution in [0.15, 0.2) is 45.5 Å². The Labute approximate surface area is 137 Å². The van der Waals surface area contributed by atoms with Crippen LogP contribution in [0, 0.1) is 5.82 Å². The summed E-state index contributed by atoms with van der Waals surface area (Å²) in [6.07, 6.45) is 1.57. The highest BCUT2D eigenvalue weighted by Crippen LogP contribution is 2.17. The lowest BCUT2D eigenvalue weighted by Gasteiger charge is -2.20. The molecule has 2 aromatic rings. The van der Waals surface area contributed by atoms with Gasteiger partial charge in [0.1, 0.15) is 11.6 Å². The summed E-state index contributed by atoms with van der Waals surface area (Å²) in [6.45, 7) is 3.55. The molecule has 1 heterocycles. The largest absolute Gasteiger partial charge is 0.467 e. The highest BCUT2D eigenvalue weighted by molar-refractivity contribution is 9.10. The number of likely N-dealkylation sites (N-methyl/N-ethyl adjacent to an activating group) is 1. The Kier molecular flexibility index (Phi) is 6.15. The van der Waals surface area contributed by atoms with Crippen LogP contribution in [0.4, 0.5) is 4.39 Å². The van der Waals surface area contributed by atoms with Crippen LogP contribution in [0.25, 0.3) is 0 Å². The second kappa shape index (κ2) is 8.10. The normalized spacial score (nSPS) is 10.9. The molecule has 0 bridgehead atoms. The van der Waals surface area contributed by atoms with Gasteiger partial charge in [-0.15, -0.1) is 0 Å². The number of furan rings is 1. The molecule has 118 valence electrons. The minimum Gasteiger partial charge on any atom is -0.467 e. The van der Waals surface area contributed by atoms with Gasteiger partial charge in [-0.1, -0.05) is 22.9 Å². The Hall–Kier alpha value is -1.66. The molecular weight excluding hydrogens is 351 g/mol. The minimum absolute atomic E-state index is 0.117. The molecule has 1 N–H and O–H groups in total. The van der Waals surface area contributed by atoms with Gasteiger partial charge >= 0.3 is 0 Å². The number of amides is 1. The molecule has 6 heteroatoms. The van der Waals surface area contributed by atoms with Gasteiger partial charge in [-0.05, 0) is 36.9 Å². The third kappa shape index (κ3) is 4.96. The molecule has 2 rings (SSSR count). The average molecular weight is 369 g/mol. The number of hydrogen-bond acceptors (Lipinski definition) is 3. The van der Waals surface area contributed by atoms with Gasteiger partial charge in [-0.2, -0.15) is 0 Å². The monoisotopic (exact) mass is 368 g/mol. The molecule has 0 aliphatic rings. The summed E-state index contributed by atoms with van der Waals surface area (Å²) in [5.41, 5.74) is 0.565. The molecule has 0 radical (unpaired) electrons. The SMILES string of the molecule is CCN(CC(=O)NCc1ccco1)Cc1cc(Br)ccc1F. The maximum atomic E-state index is 13.8. The van der Waals surface area contributed by atoms with Crippen molar-refractivity contribution in [3.63, 3.8) is 0 Å². The molecule has 0 aliphatic carbocycles. The molecule has 22 heavy (non-hydrogen) atoms. The molecule has 0 unspecified atom stereocenters. The molecule has 1 aromatic carbocycles. The number of nitrogens with one attached hydrogen (secondary N) is 1. The van der Waals surface area contributed by atoms with Crippen LogP contribution < -0.4 is 5.32 Å². The van der Waals surface area contributed by atoms with E-state index >= 15 is 0 Å². The molecule has 0 fully saturated rings. The zero-order valence-corrected chi connectivity index (χ0v) is 13.9. The summed E-state index contributed by atoms with van der Waals surface area (Å²) in [4.78, 5) is 13.8. The van der Waals surface area contributed by atoms with E-state index in [0.717, 1.165) is 4.47 Å². The minimum atomic E-state index is -0.266. The van der Waals surface area contributed by atoms with Gasteiger partial charge < -0.3 is 9.73 Å². The van der Waals surface area contributed by atoms with Gasteiger partial charge in [0.25, 0.3) is 0 Å². The van der Waals surface area contributed by atoms with E-state index in [1.54, 1.807) is 30.5 Å². The lowest BCUT2D eigenvalue weighted by Crippen LogP contribution is -2.36. The number of halogens is 2. The van der Waals surface area contributed by atoms with Crippen molar-refractivity contribution in [2.45, 2.75) is 20.0 Å². The van der Waals surface area contributed by atoms with Crippen LogP contribution in [-0.2, 0) is 17.9 Å². The van der Waals surface area contributed by atoms with E-state index in [0.29, 0.717) is 31.0 Å². The summed E-state index contributed by atoms with van der Waals surface area (Å²) in [7, 11) is 0. The first-order chi connectivity index (χ1) is 10.6.